The molecule has 1 fully saturated rings. The quantitative estimate of drug-likeness (QED) is 0.526. The lowest BCUT2D eigenvalue weighted by molar-refractivity contribution is -0.150. The summed E-state index contributed by atoms with van der Waals surface area (Å²) >= 11 is 6.45. The Morgan fingerprint density at radius 1 is 1.00 bits per heavy atom. The second kappa shape index (κ2) is 10.2. The summed E-state index contributed by atoms with van der Waals surface area (Å²) in [4.78, 5) is 40.1. The van der Waals surface area contributed by atoms with Crippen LogP contribution in [0.2, 0.25) is 5.02 Å². The van der Waals surface area contributed by atoms with Crippen LogP contribution in [0.15, 0.2) is 65.8 Å². The van der Waals surface area contributed by atoms with Gasteiger partial charge in [-0.2, -0.15) is 0 Å². The molecular weight excluding hydrogens is 502 g/mol. The lowest BCUT2D eigenvalue weighted by Gasteiger charge is -2.39. The molecule has 0 spiro atoms. The number of nitrogens with zero attached hydrogens (tertiary/aromatic N) is 5. The summed E-state index contributed by atoms with van der Waals surface area (Å²) in [7, 11) is 3.39. The maximum atomic E-state index is 13.2. The number of aromatic nitrogens is 1. The van der Waals surface area contributed by atoms with Gasteiger partial charge in [-0.15, -0.1) is 0 Å². The predicted molar refractivity (Wildman–Crippen MR) is 149 cm³/mol. The first-order chi connectivity index (χ1) is 18.2. The van der Waals surface area contributed by atoms with E-state index in [1.165, 1.54) is 4.90 Å². The third-order valence-electron chi connectivity index (χ3n) is 7.05. The van der Waals surface area contributed by atoms with Crippen LogP contribution >= 0.6 is 11.6 Å². The second-order valence-corrected chi connectivity index (χ2v) is 10.4. The van der Waals surface area contributed by atoms with E-state index in [2.05, 4.69) is 16.0 Å². The molecule has 1 aromatic heterocycles. The normalized spacial score (nSPS) is 16.5. The number of hydrogen-bond acceptors (Lipinski definition) is 6. The van der Waals surface area contributed by atoms with Crippen LogP contribution in [0.5, 0.6) is 0 Å². The fourth-order valence-electron chi connectivity index (χ4n) is 4.71. The van der Waals surface area contributed by atoms with E-state index in [0.717, 1.165) is 28.2 Å². The van der Waals surface area contributed by atoms with E-state index >= 15 is 0 Å². The molecule has 5 rings (SSSR count). The first-order valence-electron chi connectivity index (χ1n) is 12.5. The van der Waals surface area contributed by atoms with Crippen LogP contribution in [0.1, 0.15) is 28.4 Å². The summed E-state index contributed by atoms with van der Waals surface area (Å²) in [6, 6.07) is 16.5. The number of anilines is 1. The van der Waals surface area contributed by atoms with Crippen LogP contribution in [0.25, 0.3) is 11.1 Å². The summed E-state index contributed by atoms with van der Waals surface area (Å²) in [5, 5.41) is 11.4. The first-order valence-corrected chi connectivity index (χ1v) is 12.9. The Bertz CT molecular complexity index is 1410. The van der Waals surface area contributed by atoms with Crippen molar-refractivity contribution < 1.29 is 14.7 Å². The van der Waals surface area contributed by atoms with Crippen molar-refractivity contribution in [1.82, 2.24) is 14.8 Å². The van der Waals surface area contributed by atoms with Gasteiger partial charge in [0.05, 0.1) is 22.8 Å². The van der Waals surface area contributed by atoms with Crippen molar-refractivity contribution >= 4 is 34.9 Å². The largest absolute Gasteiger partial charge is 0.376 e. The molecule has 0 bridgehead atoms. The van der Waals surface area contributed by atoms with E-state index in [9.17, 15) is 14.7 Å². The van der Waals surface area contributed by atoms with Gasteiger partial charge < -0.3 is 19.8 Å². The van der Waals surface area contributed by atoms with Crippen molar-refractivity contribution in [2.75, 3.05) is 51.7 Å². The molecule has 2 aromatic carbocycles. The average Bonchev–Trinajstić information content (AvgIpc) is 3.78. The predicted octanol–water partition coefficient (Wildman–Crippen LogP) is 3.46. The third kappa shape index (κ3) is 5.01. The van der Waals surface area contributed by atoms with Gasteiger partial charge in [0.2, 0.25) is 0 Å². The molecule has 196 valence electrons. The van der Waals surface area contributed by atoms with Crippen LogP contribution < -0.4 is 4.90 Å². The fraction of sp³-hybridized carbons (Fsp3) is 0.310. The van der Waals surface area contributed by atoms with E-state index in [1.807, 2.05) is 24.3 Å². The number of amides is 2. The van der Waals surface area contributed by atoms with E-state index in [0.29, 0.717) is 48.9 Å². The molecule has 0 aliphatic carbocycles. The number of halogens is 1. The monoisotopic (exact) mass is 531 g/mol. The Morgan fingerprint density at radius 3 is 2.29 bits per heavy atom. The molecule has 9 heteroatoms. The van der Waals surface area contributed by atoms with Gasteiger partial charge in [-0.3, -0.25) is 14.6 Å². The molecule has 0 radical (unpaired) electrons. The number of aliphatic imine (C=N–C) groups is 1. The molecule has 3 aromatic rings. The molecule has 2 amide bonds. The van der Waals surface area contributed by atoms with Gasteiger partial charge in [-0.1, -0.05) is 48.0 Å². The number of pyridine rings is 1. The van der Waals surface area contributed by atoms with Crippen molar-refractivity contribution in [1.29, 1.82) is 0 Å². The van der Waals surface area contributed by atoms with E-state index < -0.39 is 5.60 Å². The van der Waals surface area contributed by atoms with Gasteiger partial charge in [0.1, 0.15) is 5.82 Å². The highest BCUT2D eigenvalue weighted by atomic mass is 35.5. The number of piperazine rings is 1. The van der Waals surface area contributed by atoms with Crippen molar-refractivity contribution in [3.8, 4) is 11.1 Å². The molecule has 2 aliphatic rings. The molecule has 38 heavy (non-hydrogen) atoms. The Morgan fingerprint density at radius 2 is 1.68 bits per heavy atom. The molecule has 3 heterocycles. The fourth-order valence-corrected chi connectivity index (χ4v) is 4.98. The molecule has 1 atom stereocenters. The lowest BCUT2D eigenvalue weighted by atomic mass is 9.94. The smallest absolute Gasteiger partial charge is 0.259 e. The number of benzene rings is 2. The highest BCUT2D eigenvalue weighted by Crippen LogP contribution is 2.32. The summed E-state index contributed by atoms with van der Waals surface area (Å²) in [5.74, 6) is 0.384. The number of hydrogen-bond donors (Lipinski definition) is 1. The molecular formula is C29H30ClN5O3. The van der Waals surface area contributed by atoms with E-state index in [1.54, 1.807) is 56.4 Å². The summed E-state index contributed by atoms with van der Waals surface area (Å²) in [6.07, 6.45) is 1.80. The first kappa shape index (κ1) is 25.9. The molecule has 8 nitrogen and oxygen atoms in total. The molecule has 2 aliphatic heterocycles. The minimum absolute atomic E-state index is 0.147. The van der Waals surface area contributed by atoms with Gasteiger partial charge in [0.25, 0.3) is 11.8 Å². The van der Waals surface area contributed by atoms with Gasteiger partial charge in [0.15, 0.2) is 5.60 Å². The zero-order chi connectivity index (χ0) is 27.0. The second-order valence-electron chi connectivity index (χ2n) is 9.97. The van der Waals surface area contributed by atoms with Gasteiger partial charge >= 0.3 is 0 Å². The zero-order valence-corrected chi connectivity index (χ0v) is 22.4. The van der Waals surface area contributed by atoms with Gasteiger partial charge in [-0.05, 0) is 36.2 Å². The Hall–Kier alpha value is -3.75. The number of aliphatic hydroxyl groups is 1. The standard InChI is InChI=1S/C29H30ClN5O3/c1-29(38,21-7-5-4-6-8-21)28(37)35-13-11-34(12-14-35)26-23(25-18-31-25)15-20(17-32-26)19-9-10-22(24(30)16-19)27(36)33(2)3/h4-10,15-17,38H,11-14,18H2,1-3H3/t29-/m1/s1. The van der Waals surface area contributed by atoms with Crippen LogP contribution in [-0.4, -0.2) is 84.2 Å². The third-order valence-corrected chi connectivity index (χ3v) is 7.36. The zero-order valence-electron chi connectivity index (χ0n) is 21.7. The van der Waals surface area contributed by atoms with Gasteiger partial charge in [0, 0.05) is 57.6 Å². The van der Waals surface area contributed by atoms with Crippen molar-refractivity contribution in [3.05, 3.63) is 82.5 Å². The van der Waals surface area contributed by atoms with Gasteiger partial charge in [-0.25, -0.2) is 4.98 Å². The topological polar surface area (TPSA) is 89.3 Å². The highest BCUT2D eigenvalue weighted by molar-refractivity contribution is 6.34. The maximum absolute atomic E-state index is 13.2. The van der Waals surface area contributed by atoms with E-state index in [4.69, 9.17) is 16.6 Å². The van der Waals surface area contributed by atoms with Crippen LogP contribution in [-0.2, 0) is 10.4 Å². The van der Waals surface area contributed by atoms with E-state index in [-0.39, 0.29) is 11.8 Å². The molecule has 1 N–H and O–H groups in total. The highest BCUT2D eigenvalue weighted by Gasteiger charge is 2.37. The lowest BCUT2D eigenvalue weighted by Crippen LogP contribution is -2.54. The molecule has 0 unspecified atom stereocenters. The van der Waals surface area contributed by atoms with Crippen molar-refractivity contribution in [2.45, 2.75) is 12.5 Å². The number of carbonyl (C=O) groups is 2. The Labute approximate surface area is 227 Å². The Kier molecular flexibility index (Phi) is 6.94. The van der Waals surface area contributed by atoms with Crippen LogP contribution in [0.3, 0.4) is 0 Å². The van der Waals surface area contributed by atoms with Crippen LogP contribution in [0, 0.1) is 0 Å². The maximum Gasteiger partial charge on any atom is 0.259 e. The minimum atomic E-state index is -1.58. The van der Waals surface area contributed by atoms with Crippen molar-refractivity contribution in [2.24, 2.45) is 4.99 Å². The van der Waals surface area contributed by atoms with Crippen molar-refractivity contribution in [3.63, 3.8) is 0 Å². The number of carbonyl (C=O) groups excluding carboxylic acids is 2. The summed E-state index contributed by atoms with van der Waals surface area (Å²) in [6.45, 7) is 4.37. The van der Waals surface area contributed by atoms with Crippen LogP contribution in [0.4, 0.5) is 5.82 Å². The molecule has 0 saturated carbocycles. The summed E-state index contributed by atoms with van der Waals surface area (Å²) in [5.41, 5.74) is 3.16. The summed E-state index contributed by atoms with van der Waals surface area (Å²) < 4.78 is 0. The average molecular weight is 532 g/mol. The Balaban J connectivity index is 1.33. The molecule has 1 saturated heterocycles. The number of rotatable bonds is 6. The minimum Gasteiger partial charge on any atom is -0.376 e. The SMILES string of the molecule is CN(C)C(=O)c1ccc(-c2cnc(N3CCN(C(=O)[C@](C)(O)c4ccccc4)CC3)c(C3=NC3)c2)cc1Cl.